The molecule has 116 valence electrons. The third-order valence-corrected chi connectivity index (χ3v) is 3.71. The second-order valence-electron chi connectivity index (χ2n) is 5.90. The topological polar surface area (TPSA) is 40.6 Å². The van der Waals surface area contributed by atoms with E-state index < -0.39 is 5.41 Å². The Bertz CT molecular complexity index is 483. The van der Waals surface area contributed by atoms with Gasteiger partial charge in [-0.25, -0.2) is 0 Å². The number of hydrogen-bond donors (Lipinski definition) is 0. The molecule has 2 amide bonds. The van der Waals surface area contributed by atoms with Gasteiger partial charge >= 0.3 is 0 Å². The highest BCUT2D eigenvalue weighted by Gasteiger charge is 2.40. The van der Waals surface area contributed by atoms with Crippen molar-refractivity contribution in [2.45, 2.75) is 33.6 Å². The lowest BCUT2D eigenvalue weighted by molar-refractivity contribution is -0.146. The largest absolute Gasteiger partial charge is 0.345 e. The highest BCUT2D eigenvalue weighted by atomic mass is 16.2. The number of benzene rings is 1. The van der Waals surface area contributed by atoms with Gasteiger partial charge in [0, 0.05) is 26.3 Å². The highest BCUT2D eigenvalue weighted by molar-refractivity contribution is 6.10. The molecule has 0 fully saturated rings. The van der Waals surface area contributed by atoms with Gasteiger partial charge in [0.2, 0.25) is 11.8 Å². The van der Waals surface area contributed by atoms with Crippen LogP contribution in [0.1, 0.15) is 33.6 Å². The number of carbonyl (C=O) groups excluding carboxylic acids is 2. The molecule has 0 aliphatic rings. The monoisotopic (exact) mass is 290 g/mol. The molecular formula is C17H26N2O2. The van der Waals surface area contributed by atoms with E-state index in [-0.39, 0.29) is 11.8 Å². The maximum Gasteiger partial charge on any atom is 0.241 e. The van der Waals surface area contributed by atoms with Gasteiger partial charge in [-0.1, -0.05) is 31.5 Å². The predicted molar refractivity (Wildman–Crippen MR) is 86.2 cm³/mol. The summed E-state index contributed by atoms with van der Waals surface area (Å²) in [6, 6.07) is 9.37. The molecule has 0 N–H and O–H groups in total. The maximum atomic E-state index is 12.7. The minimum atomic E-state index is -1.06. The fourth-order valence-corrected chi connectivity index (χ4v) is 2.25. The zero-order valence-corrected chi connectivity index (χ0v) is 13.7. The molecule has 0 aromatic heterocycles. The normalized spacial score (nSPS) is 11.1. The number of unbranched alkanes of at least 4 members (excludes halogenated alkanes) is 1. The first-order chi connectivity index (χ1) is 9.82. The van der Waals surface area contributed by atoms with E-state index in [1.54, 1.807) is 37.7 Å². The SMILES string of the molecule is CCCCN(C)C(=O)C(C)(C)C(=O)N(C)c1ccccc1. The smallest absolute Gasteiger partial charge is 0.241 e. The van der Waals surface area contributed by atoms with E-state index in [0.29, 0.717) is 6.54 Å². The number of hydrogen-bond acceptors (Lipinski definition) is 2. The summed E-state index contributed by atoms with van der Waals surface area (Å²) in [6.07, 6.45) is 1.97. The fourth-order valence-electron chi connectivity index (χ4n) is 2.25. The van der Waals surface area contributed by atoms with Crippen LogP contribution in [0, 0.1) is 5.41 Å². The summed E-state index contributed by atoms with van der Waals surface area (Å²) in [5, 5.41) is 0. The van der Waals surface area contributed by atoms with Crippen LogP contribution in [0.4, 0.5) is 5.69 Å². The number of nitrogens with zero attached hydrogens (tertiary/aromatic N) is 2. The molecule has 0 saturated carbocycles. The molecular weight excluding hydrogens is 264 g/mol. The van der Waals surface area contributed by atoms with Gasteiger partial charge < -0.3 is 9.80 Å². The number of para-hydroxylation sites is 1. The van der Waals surface area contributed by atoms with Crippen molar-refractivity contribution in [1.29, 1.82) is 0 Å². The van der Waals surface area contributed by atoms with Gasteiger partial charge in [-0.2, -0.15) is 0 Å². The highest BCUT2D eigenvalue weighted by Crippen LogP contribution is 2.24. The van der Waals surface area contributed by atoms with Gasteiger partial charge in [-0.15, -0.1) is 0 Å². The van der Waals surface area contributed by atoms with Gasteiger partial charge in [0.1, 0.15) is 5.41 Å². The summed E-state index contributed by atoms with van der Waals surface area (Å²) in [4.78, 5) is 28.4. The zero-order valence-electron chi connectivity index (χ0n) is 13.7. The van der Waals surface area contributed by atoms with Crippen LogP contribution in [-0.2, 0) is 9.59 Å². The van der Waals surface area contributed by atoms with Gasteiger partial charge in [0.25, 0.3) is 0 Å². The van der Waals surface area contributed by atoms with Crippen LogP contribution >= 0.6 is 0 Å². The minimum Gasteiger partial charge on any atom is -0.345 e. The lowest BCUT2D eigenvalue weighted by Crippen LogP contribution is -2.49. The van der Waals surface area contributed by atoms with Gasteiger partial charge in [-0.05, 0) is 32.4 Å². The third-order valence-electron chi connectivity index (χ3n) is 3.71. The average molecular weight is 290 g/mol. The van der Waals surface area contributed by atoms with Crippen LogP contribution in [0.5, 0.6) is 0 Å². The molecule has 1 aromatic rings. The molecule has 0 bridgehead atoms. The summed E-state index contributed by atoms with van der Waals surface area (Å²) < 4.78 is 0. The third kappa shape index (κ3) is 4.06. The van der Waals surface area contributed by atoms with Crippen LogP contribution in [0.25, 0.3) is 0 Å². The molecule has 4 nitrogen and oxygen atoms in total. The van der Waals surface area contributed by atoms with Crippen molar-refractivity contribution in [3.8, 4) is 0 Å². The molecule has 0 saturated heterocycles. The Balaban J connectivity index is 2.85. The summed E-state index contributed by atoms with van der Waals surface area (Å²) >= 11 is 0. The molecule has 0 aliphatic heterocycles. The van der Waals surface area contributed by atoms with Crippen molar-refractivity contribution >= 4 is 17.5 Å². The van der Waals surface area contributed by atoms with E-state index in [1.807, 2.05) is 30.3 Å². The second-order valence-corrected chi connectivity index (χ2v) is 5.90. The van der Waals surface area contributed by atoms with Crippen LogP contribution in [0.15, 0.2) is 30.3 Å². The number of rotatable bonds is 6. The molecule has 0 atom stereocenters. The Kier molecular flexibility index (Phi) is 5.94. The van der Waals surface area contributed by atoms with Gasteiger partial charge in [0.05, 0.1) is 0 Å². The summed E-state index contributed by atoms with van der Waals surface area (Å²) in [5.74, 6) is -0.328. The Morgan fingerprint density at radius 3 is 2.14 bits per heavy atom. The van der Waals surface area contributed by atoms with Crippen molar-refractivity contribution < 1.29 is 9.59 Å². The lowest BCUT2D eigenvalue weighted by Gasteiger charge is -2.32. The van der Waals surface area contributed by atoms with Crippen LogP contribution < -0.4 is 4.90 Å². The lowest BCUT2D eigenvalue weighted by atomic mass is 9.89. The van der Waals surface area contributed by atoms with Crippen molar-refractivity contribution in [2.75, 3.05) is 25.5 Å². The molecule has 1 rings (SSSR count). The van der Waals surface area contributed by atoms with Gasteiger partial charge in [0.15, 0.2) is 0 Å². The van der Waals surface area contributed by atoms with E-state index in [9.17, 15) is 9.59 Å². The van der Waals surface area contributed by atoms with E-state index in [2.05, 4.69) is 6.92 Å². The average Bonchev–Trinajstić information content (AvgIpc) is 2.50. The summed E-state index contributed by atoms with van der Waals surface area (Å²) in [6.45, 7) is 6.15. The quantitative estimate of drug-likeness (QED) is 0.756. The molecule has 21 heavy (non-hydrogen) atoms. The van der Waals surface area contributed by atoms with E-state index in [0.717, 1.165) is 18.5 Å². The standard InChI is InChI=1S/C17H26N2O2/c1-6-7-13-18(4)15(20)17(2,3)16(21)19(5)14-11-9-8-10-12-14/h8-12H,6-7,13H2,1-5H3. The first-order valence-corrected chi connectivity index (χ1v) is 7.41. The first kappa shape index (κ1) is 17.2. The van der Waals surface area contributed by atoms with Crippen LogP contribution in [0.3, 0.4) is 0 Å². The molecule has 0 spiro atoms. The Morgan fingerprint density at radius 2 is 1.62 bits per heavy atom. The number of anilines is 1. The van der Waals surface area contributed by atoms with E-state index in [4.69, 9.17) is 0 Å². The van der Waals surface area contributed by atoms with Crippen molar-refractivity contribution in [1.82, 2.24) is 4.90 Å². The Hall–Kier alpha value is -1.84. The van der Waals surface area contributed by atoms with Crippen LogP contribution in [0.2, 0.25) is 0 Å². The predicted octanol–water partition coefficient (Wildman–Crippen LogP) is 2.93. The fraction of sp³-hybridized carbons (Fsp3) is 0.529. The minimum absolute atomic E-state index is 0.135. The first-order valence-electron chi connectivity index (χ1n) is 7.41. The second kappa shape index (κ2) is 7.25. The molecule has 0 unspecified atom stereocenters. The van der Waals surface area contributed by atoms with Crippen LogP contribution in [-0.4, -0.2) is 37.4 Å². The van der Waals surface area contributed by atoms with E-state index in [1.165, 1.54) is 0 Å². The maximum absolute atomic E-state index is 12.7. The van der Waals surface area contributed by atoms with Crippen molar-refractivity contribution in [3.63, 3.8) is 0 Å². The molecule has 0 heterocycles. The molecule has 0 radical (unpaired) electrons. The molecule has 1 aromatic carbocycles. The zero-order chi connectivity index (χ0) is 16.0. The summed E-state index contributed by atoms with van der Waals surface area (Å²) in [7, 11) is 3.47. The molecule has 4 heteroatoms. The Labute approximate surface area is 127 Å². The van der Waals surface area contributed by atoms with Crippen molar-refractivity contribution in [3.05, 3.63) is 30.3 Å². The number of amides is 2. The van der Waals surface area contributed by atoms with E-state index >= 15 is 0 Å². The number of carbonyl (C=O) groups is 2. The summed E-state index contributed by atoms with van der Waals surface area (Å²) in [5.41, 5.74) is -0.271. The molecule has 0 aliphatic carbocycles. The van der Waals surface area contributed by atoms with Gasteiger partial charge in [-0.3, -0.25) is 9.59 Å². The van der Waals surface area contributed by atoms with Crippen molar-refractivity contribution in [2.24, 2.45) is 5.41 Å². The Morgan fingerprint density at radius 1 is 1.05 bits per heavy atom.